The van der Waals surface area contributed by atoms with Crippen LogP contribution in [-0.2, 0) is 11.8 Å². The van der Waals surface area contributed by atoms with E-state index in [1.807, 2.05) is 36.3 Å². The monoisotopic (exact) mass is 389 g/mol. The predicted octanol–water partition coefficient (Wildman–Crippen LogP) is 2.95. The van der Waals surface area contributed by atoms with Gasteiger partial charge in [0.25, 0.3) is 0 Å². The second-order valence-corrected chi connectivity index (χ2v) is 7.45. The number of nitrogens with one attached hydrogen (secondary N) is 1. The first-order valence-electron chi connectivity index (χ1n) is 9.76. The van der Waals surface area contributed by atoms with Crippen LogP contribution in [0.25, 0.3) is 33.8 Å². The van der Waals surface area contributed by atoms with Crippen LogP contribution >= 0.6 is 0 Å². The van der Waals surface area contributed by atoms with Crippen LogP contribution in [0.5, 0.6) is 0 Å². The Kier molecular flexibility index (Phi) is 4.28. The molecule has 29 heavy (non-hydrogen) atoms. The number of H-pyrrole nitrogens is 1. The smallest absolute Gasteiger partial charge is 0.163 e. The minimum atomic E-state index is 0.247. The van der Waals surface area contributed by atoms with Gasteiger partial charge in [-0.05, 0) is 31.5 Å². The molecule has 8 nitrogen and oxygen atoms in total. The number of rotatable bonds is 3. The molecule has 0 saturated carbocycles. The third-order valence-electron chi connectivity index (χ3n) is 5.44. The lowest BCUT2D eigenvalue weighted by molar-refractivity contribution is 0.0985. The quantitative estimate of drug-likeness (QED) is 0.580. The van der Waals surface area contributed by atoms with Crippen LogP contribution < -0.4 is 4.90 Å². The van der Waals surface area contributed by atoms with Crippen LogP contribution in [0.3, 0.4) is 0 Å². The van der Waals surface area contributed by atoms with Gasteiger partial charge in [0.1, 0.15) is 11.5 Å². The van der Waals surface area contributed by atoms with E-state index in [2.05, 4.69) is 39.9 Å². The molecule has 4 aromatic rings. The van der Waals surface area contributed by atoms with Crippen LogP contribution in [0.15, 0.2) is 36.8 Å². The van der Waals surface area contributed by atoms with Crippen LogP contribution in [0.1, 0.15) is 12.5 Å². The minimum Gasteiger partial charge on any atom is -0.377 e. The Morgan fingerprint density at radius 2 is 2.14 bits per heavy atom. The summed E-state index contributed by atoms with van der Waals surface area (Å²) in [7, 11) is 1.94. The second kappa shape index (κ2) is 6.97. The molecule has 1 fully saturated rings. The zero-order valence-electron chi connectivity index (χ0n) is 16.8. The summed E-state index contributed by atoms with van der Waals surface area (Å²) in [4.78, 5) is 19.8. The summed E-state index contributed by atoms with van der Waals surface area (Å²) in [5, 5.41) is 5.41. The van der Waals surface area contributed by atoms with E-state index in [0.29, 0.717) is 19.0 Å². The molecule has 1 atom stereocenters. The van der Waals surface area contributed by atoms with E-state index in [4.69, 9.17) is 14.7 Å². The Labute approximate surface area is 168 Å². The zero-order valence-corrected chi connectivity index (χ0v) is 16.8. The molecule has 0 radical (unpaired) electrons. The highest BCUT2D eigenvalue weighted by Gasteiger charge is 2.23. The fraction of sp³-hybridized carbons (Fsp3) is 0.333. The first-order chi connectivity index (χ1) is 14.1. The molecule has 1 saturated heterocycles. The molecular formula is C21H23N7O. The lowest BCUT2D eigenvalue weighted by atomic mass is 10.1. The summed E-state index contributed by atoms with van der Waals surface area (Å²) in [6.45, 7) is 6.40. The third kappa shape index (κ3) is 3.05. The molecule has 0 spiro atoms. The van der Waals surface area contributed by atoms with Gasteiger partial charge in [0.15, 0.2) is 5.82 Å². The number of pyridine rings is 1. The Balaban J connectivity index is 1.73. The van der Waals surface area contributed by atoms with Crippen molar-refractivity contribution in [2.24, 2.45) is 7.05 Å². The number of hydrogen-bond acceptors (Lipinski definition) is 6. The molecule has 1 N–H and O–H groups in total. The van der Waals surface area contributed by atoms with Gasteiger partial charge in [-0.2, -0.15) is 5.10 Å². The first kappa shape index (κ1) is 17.8. The van der Waals surface area contributed by atoms with Gasteiger partial charge in [-0.25, -0.2) is 15.0 Å². The van der Waals surface area contributed by atoms with Crippen molar-refractivity contribution in [2.45, 2.75) is 19.9 Å². The maximum absolute atomic E-state index is 5.62. The molecule has 0 aromatic carbocycles. The fourth-order valence-corrected chi connectivity index (χ4v) is 3.96. The van der Waals surface area contributed by atoms with Crippen LogP contribution in [-0.4, -0.2) is 55.5 Å². The molecule has 0 amide bonds. The SMILES string of the molecule is Cc1cnn(C)c1-c1cc(N2CCOCC2C)nc(-c2ccnc3[nH]ccc23)n1. The van der Waals surface area contributed by atoms with E-state index in [-0.39, 0.29) is 6.04 Å². The van der Waals surface area contributed by atoms with Gasteiger partial charge in [-0.1, -0.05) is 0 Å². The van der Waals surface area contributed by atoms with Gasteiger partial charge < -0.3 is 14.6 Å². The summed E-state index contributed by atoms with van der Waals surface area (Å²) >= 11 is 0. The third-order valence-corrected chi connectivity index (χ3v) is 5.44. The summed E-state index contributed by atoms with van der Waals surface area (Å²) < 4.78 is 7.49. The highest BCUT2D eigenvalue weighted by atomic mass is 16.5. The minimum absolute atomic E-state index is 0.247. The first-order valence-corrected chi connectivity index (χ1v) is 9.76. The van der Waals surface area contributed by atoms with Gasteiger partial charge in [-0.3, -0.25) is 4.68 Å². The molecule has 148 valence electrons. The van der Waals surface area contributed by atoms with E-state index in [9.17, 15) is 0 Å². The number of nitrogens with zero attached hydrogens (tertiary/aromatic N) is 6. The van der Waals surface area contributed by atoms with Gasteiger partial charge in [0.05, 0.1) is 36.8 Å². The number of fused-ring (bicyclic) bond motifs is 1. The van der Waals surface area contributed by atoms with Crippen molar-refractivity contribution in [1.29, 1.82) is 0 Å². The fourth-order valence-electron chi connectivity index (χ4n) is 3.96. The van der Waals surface area contributed by atoms with E-state index >= 15 is 0 Å². The molecule has 1 aliphatic heterocycles. The van der Waals surface area contributed by atoms with Gasteiger partial charge in [0, 0.05) is 43.0 Å². The summed E-state index contributed by atoms with van der Waals surface area (Å²) in [5.74, 6) is 1.59. The van der Waals surface area contributed by atoms with E-state index in [1.54, 1.807) is 6.20 Å². The Morgan fingerprint density at radius 3 is 2.93 bits per heavy atom. The number of morpholine rings is 1. The topological polar surface area (TPSA) is 84.8 Å². The Morgan fingerprint density at radius 1 is 1.24 bits per heavy atom. The lowest BCUT2D eigenvalue weighted by Gasteiger charge is -2.34. The maximum Gasteiger partial charge on any atom is 0.163 e. The lowest BCUT2D eigenvalue weighted by Crippen LogP contribution is -2.44. The number of hydrogen-bond donors (Lipinski definition) is 1. The van der Waals surface area contributed by atoms with Crippen molar-refractivity contribution >= 4 is 16.9 Å². The van der Waals surface area contributed by atoms with Gasteiger partial charge >= 0.3 is 0 Å². The molecule has 1 unspecified atom stereocenters. The average molecular weight is 389 g/mol. The Bertz CT molecular complexity index is 1160. The molecule has 5 heterocycles. The summed E-state index contributed by atoms with van der Waals surface area (Å²) in [5.41, 5.74) is 4.73. The number of aromatic amines is 1. The second-order valence-electron chi connectivity index (χ2n) is 7.45. The van der Waals surface area contributed by atoms with Crippen LogP contribution in [0.2, 0.25) is 0 Å². The molecule has 8 heteroatoms. The highest BCUT2D eigenvalue weighted by molar-refractivity contribution is 5.91. The molecule has 4 aromatic heterocycles. The van der Waals surface area contributed by atoms with E-state index < -0.39 is 0 Å². The van der Waals surface area contributed by atoms with Crippen molar-refractivity contribution in [1.82, 2.24) is 29.7 Å². The summed E-state index contributed by atoms with van der Waals surface area (Å²) in [6.07, 6.45) is 5.54. The molecular weight excluding hydrogens is 366 g/mol. The van der Waals surface area contributed by atoms with Crippen molar-refractivity contribution in [3.8, 4) is 22.8 Å². The zero-order chi connectivity index (χ0) is 20.0. The number of anilines is 1. The van der Waals surface area contributed by atoms with Crippen molar-refractivity contribution < 1.29 is 4.74 Å². The molecule has 5 rings (SSSR count). The highest BCUT2D eigenvalue weighted by Crippen LogP contribution is 2.31. The molecule has 0 aliphatic carbocycles. The normalized spacial score (nSPS) is 17.2. The Hall–Kier alpha value is -3.26. The number of aryl methyl sites for hydroxylation is 2. The standard InChI is InChI=1S/C21H23N7O/c1-13-11-24-27(3)19(13)17-10-18(28-8-9-29-12-14(28)2)26-21(25-17)16-5-7-23-20-15(16)4-6-22-20/h4-7,10-11,14H,8-9,12H2,1-3H3,(H,22,23). The van der Waals surface area contributed by atoms with Crippen LogP contribution in [0.4, 0.5) is 5.82 Å². The van der Waals surface area contributed by atoms with Gasteiger partial charge in [-0.15, -0.1) is 0 Å². The summed E-state index contributed by atoms with van der Waals surface area (Å²) in [6, 6.07) is 6.29. The maximum atomic E-state index is 5.62. The van der Waals surface area contributed by atoms with Crippen molar-refractivity contribution in [2.75, 3.05) is 24.7 Å². The van der Waals surface area contributed by atoms with Gasteiger partial charge in [0.2, 0.25) is 0 Å². The van der Waals surface area contributed by atoms with Crippen molar-refractivity contribution in [3.05, 3.63) is 42.4 Å². The van der Waals surface area contributed by atoms with E-state index in [1.165, 1.54) is 0 Å². The number of ether oxygens (including phenoxy) is 1. The largest absolute Gasteiger partial charge is 0.377 e. The molecule has 1 aliphatic rings. The van der Waals surface area contributed by atoms with Crippen molar-refractivity contribution in [3.63, 3.8) is 0 Å². The predicted molar refractivity (Wildman–Crippen MR) is 112 cm³/mol. The van der Waals surface area contributed by atoms with E-state index in [0.717, 1.165) is 45.9 Å². The molecule has 0 bridgehead atoms. The number of aromatic nitrogens is 6. The van der Waals surface area contributed by atoms with Crippen LogP contribution in [0, 0.1) is 6.92 Å². The average Bonchev–Trinajstić information content (AvgIpc) is 3.34.